The molecule has 2 aliphatic heterocycles. The predicted octanol–water partition coefficient (Wildman–Crippen LogP) is 1.79. The fourth-order valence-corrected chi connectivity index (χ4v) is 2.54. The number of hydrogen-bond acceptors (Lipinski definition) is 2. The van der Waals surface area contributed by atoms with Crippen LogP contribution in [0.15, 0.2) is 36.5 Å². The van der Waals surface area contributed by atoms with Gasteiger partial charge in [0.25, 0.3) is 0 Å². The van der Waals surface area contributed by atoms with E-state index in [0.717, 1.165) is 11.3 Å². The van der Waals surface area contributed by atoms with Crippen molar-refractivity contribution in [3.8, 4) is 0 Å². The minimum atomic E-state index is -0.746. The van der Waals surface area contributed by atoms with E-state index in [2.05, 4.69) is 0 Å². The van der Waals surface area contributed by atoms with Crippen LogP contribution in [0.5, 0.6) is 0 Å². The molecular formula is C12H11NO2. The normalized spacial score (nSPS) is 26.5. The summed E-state index contributed by atoms with van der Waals surface area (Å²) in [5, 5.41) is 9.36. The number of para-hydroxylation sites is 1. The van der Waals surface area contributed by atoms with E-state index < -0.39 is 11.5 Å². The molecule has 15 heavy (non-hydrogen) atoms. The van der Waals surface area contributed by atoms with Gasteiger partial charge in [-0.15, -0.1) is 0 Å². The highest BCUT2D eigenvalue weighted by Gasteiger charge is 2.50. The van der Waals surface area contributed by atoms with Crippen LogP contribution in [0.4, 0.5) is 5.69 Å². The quantitative estimate of drug-likeness (QED) is 0.753. The molecule has 0 spiro atoms. The molecule has 1 N–H and O–H groups in total. The summed E-state index contributed by atoms with van der Waals surface area (Å²) in [5.74, 6) is -0.733. The highest BCUT2D eigenvalue weighted by atomic mass is 16.4. The van der Waals surface area contributed by atoms with E-state index in [-0.39, 0.29) is 0 Å². The molecule has 0 fully saturated rings. The summed E-state index contributed by atoms with van der Waals surface area (Å²) in [6.45, 7) is 0. The molecule has 1 atom stereocenters. The molecule has 1 aromatic rings. The second kappa shape index (κ2) is 2.63. The molecule has 2 heterocycles. The molecule has 3 rings (SSSR count). The Kier molecular flexibility index (Phi) is 1.49. The largest absolute Gasteiger partial charge is 0.479 e. The van der Waals surface area contributed by atoms with Crippen LogP contribution in [-0.4, -0.2) is 16.6 Å². The maximum absolute atomic E-state index is 11.4. The molecule has 1 unspecified atom stereocenters. The number of carboxylic acids is 1. The van der Waals surface area contributed by atoms with Crippen molar-refractivity contribution in [1.82, 2.24) is 0 Å². The number of anilines is 1. The zero-order valence-electron chi connectivity index (χ0n) is 8.18. The van der Waals surface area contributed by atoms with Gasteiger partial charge in [0.05, 0.1) is 0 Å². The maximum atomic E-state index is 11.4. The average Bonchev–Trinajstić information content (AvgIpc) is 2.73. The Balaban J connectivity index is 2.16. The van der Waals surface area contributed by atoms with Gasteiger partial charge in [0.15, 0.2) is 0 Å². The Labute approximate surface area is 87.6 Å². The standard InChI is InChI=1S/C12H11NO2/c14-11(15)12-6-3-7-13(12)10-5-2-1-4-9(10)8-12/h1-5,7H,6,8H2,(H,14,15). The lowest BCUT2D eigenvalue weighted by molar-refractivity contribution is -0.142. The summed E-state index contributed by atoms with van der Waals surface area (Å²) in [7, 11) is 0. The van der Waals surface area contributed by atoms with E-state index in [0.29, 0.717) is 12.8 Å². The van der Waals surface area contributed by atoms with Gasteiger partial charge in [0.1, 0.15) is 5.54 Å². The fraction of sp³-hybridized carbons (Fsp3) is 0.250. The number of nitrogens with zero attached hydrogens (tertiary/aromatic N) is 1. The minimum absolute atomic E-state index is 0.594. The van der Waals surface area contributed by atoms with E-state index in [1.807, 2.05) is 41.4 Å². The molecule has 0 aliphatic carbocycles. The van der Waals surface area contributed by atoms with Crippen molar-refractivity contribution in [2.75, 3.05) is 4.90 Å². The maximum Gasteiger partial charge on any atom is 0.330 e. The molecule has 0 radical (unpaired) electrons. The molecule has 76 valence electrons. The number of hydrogen-bond donors (Lipinski definition) is 1. The Morgan fingerprint density at radius 1 is 1.40 bits per heavy atom. The van der Waals surface area contributed by atoms with Crippen molar-refractivity contribution in [2.24, 2.45) is 0 Å². The number of fused-ring (bicyclic) bond motifs is 3. The molecule has 0 saturated heterocycles. The Morgan fingerprint density at radius 2 is 2.20 bits per heavy atom. The zero-order valence-corrected chi connectivity index (χ0v) is 8.18. The van der Waals surface area contributed by atoms with Crippen molar-refractivity contribution >= 4 is 11.7 Å². The van der Waals surface area contributed by atoms with Gasteiger partial charge in [-0.3, -0.25) is 0 Å². The van der Waals surface area contributed by atoms with Gasteiger partial charge in [-0.25, -0.2) is 4.79 Å². The Hall–Kier alpha value is -1.77. The van der Waals surface area contributed by atoms with Crippen LogP contribution in [0.25, 0.3) is 0 Å². The van der Waals surface area contributed by atoms with Crippen molar-refractivity contribution in [3.05, 3.63) is 42.1 Å². The number of carbonyl (C=O) groups is 1. The highest BCUT2D eigenvalue weighted by molar-refractivity contribution is 5.89. The van der Waals surface area contributed by atoms with Crippen LogP contribution in [0, 0.1) is 0 Å². The van der Waals surface area contributed by atoms with Gasteiger partial charge < -0.3 is 10.0 Å². The molecule has 1 aromatic carbocycles. The lowest BCUT2D eigenvalue weighted by Crippen LogP contribution is -2.47. The molecule has 0 aromatic heterocycles. The lowest BCUT2D eigenvalue weighted by Gasteiger charge is -2.28. The van der Waals surface area contributed by atoms with Gasteiger partial charge in [-0.1, -0.05) is 24.3 Å². The fourth-order valence-electron chi connectivity index (χ4n) is 2.54. The summed E-state index contributed by atoms with van der Waals surface area (Å²) >= 11 is 0. The van der Waals surface area contributed by atoms with E-state index >= 15 is 0 Å². The molecule has 0 bridgehead atoms. The van der Waals surface area contributed by atoms with Gasteiger partial charge in [-0.05, 0) is 11.6 Å². The number of rotatable bonds is 1. The monoisotopic (exact) mass is 201 g/mol. The summed E-state index contributed by atoms with van der Waals surface area (Å²) in [6, 6.07) is 7.89. The number of aliphatic carboxylic acids is 1. The van der Waals surface area contributed by atoms with Crippen LogP contribution in [-0.2, 0) is 11.2 Å². The van der Waals surface area contributed by atoms with E-state index in [1.165, 1.54) is 0 Å². The lowest BCUT2D eigenvalue weighted by atomic mass is 9.92. The molecule has 0 saturated carbocycles. The van der Waals surface area contributed by atoms with Crippen LogP contribution >= 0.6 is 0 Å². The van der Waals surface area contributed by atoms with Crippen molar-refractivity contribution < 1.29 is 9.90 Å². The van der Waals surface area contributed by atoms with Crippen LogP contribution in [0.1, 0.15) is 12.0 Å². The third-order valence-corrected chi connectivity index (χ3v) is 3.30. The first-order chi connectivity index (χ1) is 7.24. The smallest absolute Gasteiger partial charge is 0.330 e. The molecule has 0 amide bonds. The first-order valence-corrected chi connectivity index (χ1v) is 5.01. The summed E-state index contributed by atoms with van der Waals surface area (Å²) < 4.78 is 0. The van der Waals surface area contributed by atoms with Gasteiger partial charge in [-0.2, -0.15) is 0 Å². The average molecular weight is 201 g/mol. The van der Waals surface area contributed by atoms with E-state index in [1.54, 1.807) is 0 Å². The number of carboxylic acid groups (broad SMARTS) is 1. The van der Waals surface area contributed by atoms with Gasteiger partial charge in [0.2, 0.25) is 0 Å². The van der Waals surface area contributed by atoms with E-state index in [4.69, 9.17) is 0 Å². The summed E-state index contributed by atoms with van der Waals surface area (Å²) in [6.07, 6.45) is 5.02. The van der Waals surface area contributed by atoms with Crippen molar-refractivity contribution in [1.29, 1.82) is 0 Å². The van der Waals surface area contributed by atoms with Gasteiger partial charge in [0, 0.05) is 24.7 Å². The third-order valence-electron chi connectivity index (χ3n) is 3.30. The van der Waals surface area contributed by atoms with Crippen LogP contribution in [0.2, 0.25) is 0 Å². The van der Waals surface area contributed by atoms with Crippen molar-refractivity contribution in [3.63, 3.8) is 0 Å². The molecule has 3 nitrogen and oxygen atoms in total. The summed E-state index contributed by atoms with van der Waals surface area (Å²) in [5.41, 5.74) is 1.42. The van der Waals surface area contributed by atoms with Crippen LogP contribution in [0.3, 0.4) is 0 Å². The SMILES string of the molecule is O=C(O)C12CC=CN1c1ccccc1C2. The second-order valence-electron chi connectivity index (χ2n) is 4.10. The van der Waals surface area contributed by atoms with Crippen LogP contribution < -0.4 is 4.90 Å². The van der Waals surface area contributed by atoms with Gasteiger partial charge >= 0.3 is 5.97 Å². The summed E-state index contributed by atoms with van der Waals surface area (Å²) in [4.78, 5) is 13.3. The first-order valence-electron chi connectivity index (χ1n) is 5.01. The van der Waals surface area contributed by atoms with Crippen molar-refractivity contribution in [2.45, 2.75) is 18.4 Å². The third kappa shape index (κ3) is 0.923. The second-order valence-corrected chi connectivity index (χ2v) is 4.10. The minimum Gasteiger partial charge on any atom is -0.479 e. The van der Waals surface area contributed by atoms with E-state index in [9.17, 15) is 9.90 Å². The zero-order chi connectivity index (χ0) is 10.5. The topological polar surface area (TPSA) is 40.5 Å². The molecule has 2 aliphatic rings. The number of benzene rings is 1. The molecule has 3 heteroatoms. The Morgan fingerprint density at radius 3 is 3.00 bits per heavy atom. The Bertz CT molecular complexity index is 466. The molecular weight excluding hydrogens is 190 g/mol. The highest BCUT2D eigenvalue weighted by Crippen LogP contribution is 2.44. The predicted molar refractivity (Wildman–Crippen MR) is 56.7 cm³/mol. The first kappa shape index (κ1) is 8.53.